The summed E-state index contributed by atoms with van der Waals surface area (Å²) in [4.78, 5) is 28.2. The quantitative estimate of drug-likeness (QED) is 0.240. The molecule has 3 aromatic rings. The fraction of sp³-hybridized carbons (Fsp3) is 0.433. The normalized spacial score (nSPS) is 11.7. The molecule has 0 aliphatic heterocycles. The fourth-order valence-electron chi connectivity index (χ4n) is 4.33. The van der Waals surface area contributed by atoms with Gasteiger partial charge >= 0.3 is 6.09 Å². The average molecular weight is 506 g/mol. The molecule has 198 valence electrons. The molecule has 7 nitrogen and oxygen atoms in total. The van der Waals surface area contributed by atoms with Crippen molar-refractivity contribution in [3.05, 3.63) is 60.2 Å². The van der Waals surface area contributed by atoms with Crippen LogP contribution in [0.4, 0.5) is 4.79 Å². The number of pyridine rings is 1. The van der Waals surface area contributed by atoms with Crippen LogP contribution in [-0.2, 0) is 16.0 Å². The van der Waals surface area contributed by atoms with E-state index in [4.69, 9.17) is 20.2 Å². The molecule has 37 heavy (non-hydrogen) atoms. The minimum Gasteiger partial charge on any atom is -0.496 e. The van der Waals surface area contributed by atoms with Crippen LogP contribution in [0.1, 0.15) is 63.9 Å². The Morgan fingerprint density at radius 3 is 2.46 bits per heavy atom. The maximum absolute atomic E-state index is 11.9. The van der Waals surface area contributed by atoms with Gasteiger partial charge in [-0.2, -0.15) is 0 Å². The molecule has 3 N–H and O–H groups in total. The number of nitrogens with two attached hydrogens (primary N) is 1. The Morgan fingerprint density at radius 2 is 1.73 bits per heavy atom. The first-order valence-electron chi connectivity index (χ1n) is 13.3. The number of ether oxygens (including phenoxy) is 2. The second-order valence-corrected chi connectivity index (χ2v) is 9.32. The third-order valence-corrected chi connectivity index (χ3v) is 6.45. The van der Waals surface area contributed by atoms with Gasteiger partial charge in [-0.25, -0.2) is 9.78 Å². The van der Waals surface area contributed by atoms with Gasteiger partial charge in [0, 0.05) is 17.0 Å². The van der Waals surface area contributed by atoms with E-state index in [1.807, 2.05) is 31.2 Å². The Hall–Kier alpha value is -3.61. The van der Waals surface area contributed by atoms with E-state index < -0.39 is 18.0 Å². The Kier molecular flexibility index (Phi) is 11.2. The number of rotatable bonds is 15. The molecule has 2 amide bonds. The van der Waals surface area contributed by atoms with Crippen molar-refractivity contribution in [3.8, 4) is 17.0 Å². The van der Waals surface area contributed by atoms with Crippen LogP contribution < -0.4 is 15.8 Å². The van der Waals surface area contributed by atoms with Gasteiger partial charge in [-0.05, 0) is 43.4 Å². The smallest absolute Gasteiger partial charge is 0.407 e. The number of amides is 2. The van der Waals surface area contributed by atoms with E-state index in [9.17, 15) is 9.59 Å². The molecule has 7 heteroatoms. The highest BCUT2D eigenvalue weighted by Gasteiger charge is 2.17. The van der Waals surface area contributed by atoms with Crippen molar-refractivity contribution >= 4 is 22.9 Å². The van der Waals surface area contributed by atoms with Crippen LogP contribution in [0.15, 0.2) is 54.6 Å². The van der Waals surface area contributed by atoms with E-state index in [0.717, 1.165) is 79.3 Å². The van der Waals surface area contributed by atoms with Crippen LogP contribution in [0.5, 0.6) is 5.75 Å². The Morgan fingerprint density at radius 1 is 0.973 bits per heavy atom. The summed E-state index contributed by atoms with van der Waals surface area (Å²) in [5.74, 6) is 0.311. The molecule has 0 radical (unpaired) electrons. The van der Waals surface area contributed by atoms with Crippen LogP contribution >= 0.6 is 0 Å². The summed E-state index contributed by atoms with van der Waals surface area (Å²) < 4.78 is 10.9. The first kappa shape index (κ1) is 28.0. The molecular weight excluding hydrogens is 466 g/mol. The Balaban J connectivity index is 1.38. The third-order valence-electron chi connectivity index (χ3n) is 6.45. The number of carbonyl (C=O) groups excluding carboxylic acids is 2. The highest BCUT2D eigenvalue weighted by Crippen LogP contribution is 2.31. The lowest BCUT2D eigenvalue weighted by Crippen LogP contribution is -2.44. The first-order chi connectivity index (χ1) is 18.0. The minimum absolute atomic E-state index is 0.341. The van der Waals surface area contributed by atoms with Crippen molar-refractivity contribution in [3.63, 3.8) is 0 Å². The number of alkyl carbamates (subject to hydrolysis) is 1. The highest BCUT2D eigenvalue weighted by molar-refractivity contribution is 5.88. The number of nitrogens with zero attached hydrogens (tertiary/aromatic N) is 1. The second-order valence-electron chi connectivity index (χ2n) is 9.32. The molecule has 1 atom stereocenters. The number of aromatic nitrogens is 1. The van der Waals surface area contributed by atoms with Gasteiger partial charge in [0.05, 0.1) is 24.9 Å². The molecule has 0 aliphatic rings. The zero-order chi connectivity index (χ0) is 26.5. The van der Waals surface area contributed by atoms with Gasteiger partial charge in [0.2, 0.25) is 5.91 Å². The predicted octanol–water partition coefficient (Wildman–Crippen LogP) is 6.17. The molecular formula is C30H39N3O4. The van der Waals surface area contributed by atoms with Gasteiger partial charge in [0.25, 0.3) is 0 Å². The van der Waals surface area contributed by atoms with E-state index in [0.29, 0.717) is 13.0 Å². The van der Waals surface area contributed by atoms with Gasteiger partial charge in [-0.1, -0.05) is 75.4 Å². The van der Waals surface area contributed by atoms with E-state index in [-0.39, 0.29) is 0 Å². The lowest BCUT2D eigenvalue weighted by Gasteiger charge is -2.15. The van der Waals surface area contributed by atoms with Crippen molar-refractivity contribution in [2.24, 2.45) is 5.73 Å². The number of nitrogens with one attached hydrogen (secondary N) is 1. The van der Waals surface area contributed by atoms with Crippen molar-refractivity contribution < 1.29 is 19.1 Å². The summed E-state index contributed by atoms with van der Waals surface area (Å²) in [5, 5.41) is 3.59. The van der Waals surface area contributed by atoms with E-state index >= 15 is 0 Å². The molecule has 0 spiro atoms. The largest absolute Gasteiger partial charge is 0.496 e. The summed E-state index contributed by atoms with van der Waals surface area (Å²) in [6, 6.07) is 17.9. The maximum atomic E-state index is 11.9. The minimum atomic E-state index is -0.663. The van der Waals surface area contributed by atoms with Gasteiger partial charge in [-0.15, -0.1) is 0 Å². The number of aryl methyl sites for hydroxylation is 1. The zero-order valence-electron chi connectivity index (χ0n) is 22.0. The van der Waals surface area contributed by atoms with Gasteiger partial charge < -0.3 is 20.5 Å². The van der Waals surface area contributed by atoms with Crippen LogP contribution in [0.3, 0.4) is 0 Å². The van der Waals surface area contributed by atoms with E-state index in [2.05, 4.69) is 35.6 Å². The monoisotopic (exact) mass is 505 g/mol. The number of hydrogen-bond acceptors (Lipinski definition) is 5. The Labute approximate surface area is 219 Å². The summed E-state index contributed by atoms with van der Waals surface area (Å²) in [6.07, 6.45) is 7.76. The lowest BCUT2D eigenvalue weighted by molar-refractivity contribution is -0.120. The SMILES string of the molecule is CCCC[C@H](NC(=O)OCCCCCCCc1ccc2nc(-c3ccccc3)cc(OC)c2c1)C(N)=O. The molecule has 0 aliphatic carbocycles. The second kappa shape index (κ2) is 14.8. The molecule has 1 aromatic heterocycles. The number of unbranched alkanes of at least 4 members (excludes halogenated alkanes) is 5. The summed E-state index contributed by atoms with van der Waals surface area (Å²) in [5.41, 5.74) is 9.52. The molecule has 2 aromatic carbocycles. The van der Waals surface area contributed by atoms with Crippen LogP contribution in [-0.4, -0.2) is 36.7 Å². The highest BCUT2D eigenvalue weighted by atomic mass is 16.5. The molecule has 0 unspecified atom stereocenters. The van der Waals surface area contributed by atoms with E-state index in [1.54, 1.807) is 7.11 Å². The van der Waals surface area contributed by atoms with Gasteiger partial charge in [0.15, 0.2) is 0 Å². The van der Waals surface area contributed by atoms with Crippen LogP contribution in [0.2, 0.25) is 0 Å². The molecule has 3 rings (SSSR count). The topological polar surface area (TPSA) is 104 Å². The first-order valence-corrected chi connectivity index (χ1v) is 13.3. The van der Waals surface area contributed by atoms with Crippen LogP contribution in [0.25, 0.3) is 22.2 Å². The number of primary amides is 1. The predicted molar refractivity (Wildman–Crippen MR) is 148 cm³/mol. The molecule has 1 heterocycles. The number of hydrogen-bond donors (Lipinski definition) is 2. The summed E-state index contributed by atoms with van der Waals surface area (Å²) in [6.45, 7) is 2.36. The standard InChI is InChI=1S/C30H39N3O4/c1-3-4-16-26(29(31)34)33-30(35)37-19-12-7-5-6-9-13-22-17-18-25-24(20-22)28(36-2)21-27(32-25)23-14-10-8-11-15-23/h8,10-11,14-15,17-18,20-21,26H,3-7,9,12-13,16,19H2,1-2H3,(H2,31,34)(H,33,35)/t26-/m0/s1. The van der Waals surface area contributed by atoms with Crippen LogP contribution in [0, 0.1) is 0 Å². The number of benzene rings is 2. The Bertz CT molecular complexity index is 1150. The molecule has 0 saturated carbocycles. The number of fused-ring (bicyclic) bond motifs is 1. The average Bonchev–Trinajstić information content (AvgIpc) is 2.92. The molecule has 0 saturated heterocycles. The molecule has 0 bridgehead atoms. The van der Waals surface area contributed by atoms with Crippen molar-refractivity contribution in [2.75, 3.05) is 13.7 Å². The summed E-state index contributed by atoms with van der Waals surface area (Å²) in [7, 11) is 1.70. The molecule has 0 fully saturated rings. The number of methoxy groups -OCH3 is 1. The fourth-order valence-corrected chi connectivity index (χ4v) is 4.33. The van der Waals surface area contributed by atoms with E-state index in [1.165, 1.54) is 5.56 Å². The third kappa shape index (κ3) is 8.77. The van der Waals surface area contributed by atoms with Crippen molar-refractivity contribution in [1.29, 1.82) is 0 Å². The van der Waals surface area contributed by atoms with Gasteiger partial charge in [-0.3, -0.25) is 4.79 Å². The maximum Gasteiger partial charge on any atom is 0.407 e. The zero-order valence-corrected chi connectivity index (χ0v) is 22.0. The summed E-state index contributed by atoms with van der Waals surface area (Å²) >= 11 is 0. The van der Waals surface area contributed by atoms with Gasteiger partial charge in [0.1, 0.15) is 11.8 Å². The lowest BCUT2D eigenvalue weighted by atomic mass is 10.0. The van der Waals surface area contributed by atoms with Crippen molar-refractivity contribution in [2.45, 2.75) is 70.8 Å². The van der Waals surface area contributed by atoms with Crippen molar-refractivity contribution in [1.82, 2.24) is 10.3 Å². The number of carbonyl (C=O) groups is 2.